The van der Waals surface area contributed by atoms with Crippen LogP contribution in [0.1, 0.15) is 37.4 Å². The van der Waals surface area contributed by atoms with Gasteiger partial charge >= 0.3 is 0 Å². The Kier molecular flexibility index (Phi) is 6.19. The van der Waals surface area contributed by atoms with Gasteiger partial charge in [-0.1, -0.05) is 50.1 Å². The number of nitrogens with zero attached hydrogens (tertiary/aromatic N) is 3. The molecule has 118 valence electrons. The fourth-order valence-electron chi connectivity index (χ4n) is 2.33. The summed E-state index contributed by atoms with van der Waals surface area (Å²) < 4.78 is 0. The average molecular weight is 298 g/mol. The van der Waals surface area contributed by atoms with Gasteiger partial charge in [0.05, 0.1) is 0 Å². The van der Waals surface area contributed by atoms with E-state index in [1.165, 1.54) is 24.8 Å². The molecule has 1 aromatic carbocycles. The topological polar surface area (TPSA) is 41.1 Å². The van der Waals surface area contributed by atoms with Crippen molar-refractivity contribution in [1.82, 2.24) is 9.97 Å². The first-order valence-electron chi connectivity index (χ1n) is 8.03. The van der Waals surface area contributed by atoms with E-state index in [1.807, 2.05) is 26.1 Å². The Labute approximate surface area is 133 Å². The zero-order chi connectivity index (χ0) is 15.8. The molecule has 0 unspecified atom stereocenters. The van der Waals surface area contributed by atoms with Gasteiger partial charge in [0.15, 0.2) is 0 Å². The smallest absolute Gasteiger partial charge is 0.227 e. The van der Waals surface area contributed by atoms with E-state index in [9.17, 15) is 0 Å². The predicted molar refractivity (Wildman–Crippen MR) is 93.3 cm³/mol. The van der Waals surface area contributed by atoms with Crippen LogP contribution in [0.25, 0.3) is 0 Å². The number of nitrogens with one attached hydrogen (secondary N) is 1. The van der Waals surface area contributed by atoms with E-state index >= 15 is 0 Å². The third kappa shape index (κ3) is 5.02. The number of unbranched alkanes of at least 4 members (excludes halogenated alkanes) is 2. The molecule has 0 saturated carbocycles. The van der Waals surface area contributed by atoms with E-state index in [1.54, 1.807) is 0 Å². The summed E-state index contributed by atoms with van der Waals surface area (Å²) in [6, 6.07) is 12.4. The van der Waals surface area contributed by atoms with E-state index in [-0.39, 0.29) is 0 Å². The molecule has 0 aliphatic carbocycles. The molecule has 0 bridgehead atoms. The van der Waals surface area contributed by atoms with Crippen molar-refractivity contribution in [2.75, 3.05) is 23.8 Å². The molecule has 2 aromatic rings. The van der Waals surface area contributed by atoms with E-state index in [4.69, 9.17) is 0 Å². The van der Waals surface area contributed by atoms with Gasteiger partial charge in [-0.2, -0.15) is 4.98 Å². The summed E-state index contributed by atoms with van der Waals surface area (Å²) in [4.78, 5) is 11.3. The van der Waals surface area contributed by atoms with Crippen LogP contribution in [0.3, 0.4) is 0 Å². The van der Waals surface area contributed by atoms with Gasteiger partial charge < -0.3 is 10.2 Å². The first-order valence-corrected chi connectivity index (χ1v) is 8.03. The van der Waals surface area contributed by atoms with Crippen LogP contribution in [0.5, 0.6) is 0 Å². The lowest BCUT2D eigenvalue weighted by molar-refractivity contribution is 0.741. The second-order valence-electron chi connectivity index (χ2n) is 5.67. The molecule has 2 rings (SSSR count). The number of anilines is 2. The Morgan fingerprint density at radius 1 is 1.09 bits per heavy atom. The molecule has 0 aliphatic heterocycles. The molecule has 1 aromatic heterocycles. The van der Waals surface area contributed by atoms with Crippen molar-refractivity contribution >= 4 is 11.8 Å². The lowest BCUT2D eigenvalue weighted by Gasteiger charge is -2.18. The highest BCUT2D eigenvalue weighted by Crippen LogP contribution is 2.15. The standard InChI is InChI=1S/C18H26N4/c1-4-5-9-12-19-17-13-15(2)20-18(21-17)22(3)14-16-10-7-6-8-11-16/h6-8,10-11,13H,4-5,9,12,14H2,1-3H3,(H,19,20,21). The molecule has 0 saturated heterocycles. The normalized spacial score (nSPS) is 10.5. The molecule has 4 nitrogen and oxygen atoms in total. The van der Waals surface area contributed by atoms with Crippen LogP contribution in [0.2, 0.25) is 0 Å². The van der Waals surface area contributed by atoms with Crippen molar-refractivity contribution in [2.24, 2.45) is 0 Å². The van der Waals surface area contributed by atoms with Gasteiger partial charge in [-0.15, -0.1) is 0 Å². The van der Waals surface area contributed by atoms with E-state index in [2.05, 4.69) is 51.4 Å². The number of rotatable bonds is 8. The largest absolute Gasteiger partial charge is 0.370 e. The number of benzene rings is 1. The number of hydrogen-bond donors (Lipinski definition) is 1. The third-order valence-corrected chi connectivity index (χ3v) is 3.53. The maximum Gasteiger partial charge on any atom is 0.227 e. The molecule has 0 fully saturated rings. The first kappa shape index (κ1) is 16.3. The minimum Gasteiger partial charge on any atom is -0.370 e. The second kappa shape index (κ2) is 8.37. The van der Waals surface area contributed by atoms with Gasteiger partial charge in [-0.05, 0) is 18.9 Å². The highest BCUT2D eigenvalue weighted by molar-refractivity contribution is 5.43. The SMILES string of the molecule is CCCCCNc1cc(C)nc(N(C)Cc2ccccc2)n1. The Morgan fingerprint density at radius 2 is 1.86 bits per heavy atom. The monoisotopic (exact) mass is 298 g/mol. The summed E-state index contributed by atoms with van der Waals surface area (Å²) in [5, 5.41) is 3.40. The summed E-state index contributed by atoms with van der Waals surface area (Å²) in [5.74, 6) is 1.68. The van der Waals surface area contributed by atoms with E-state index < -0.39 is 0 Å². The Morgan fingerprint density at radius 3 is 2.59 bits per heavy atom. The van der Waals surface area contributed by atoms with Crippen LogP contribution in [0, 0.1) is 6.92 Å². The second-order valence-corrected chi connectivity index (χ2v) is 5.67. The molecule has 0 radical (unpaired) electrons. The van der Waals surface area contributed by atoms with E-state index in [0.717, 1.165) is 30.5 Å². The average Bonchev–Trinajstić information content (AvgIpc) is 2.52. The summed E-state index contributed by atoms with van der Waals surface area (Å²) in [6.07, 6.45) is 3.65. The highest BCUT2D eigenvalue weighted by atomic mass is 15.2. The van der Waals surface area contributed by atoms with Crippen molar-refractivity contribution in [3.63, 3.8) is 0 Å². The van der Waals surface area contributed by atoms with Crippen molar-refractivity contribution in [2.45, 2.75) is 39.7 Å². The molecule has 1 N–H and O–H groups in total. The van der Waals surface area contributed by atoms with Gasteiger partial charge in [0.1, 0.15) is 5.82 Å². The quantitative estimate of drug-likeness (QED) is 0.747. The van der Waals surface area contributed by atoms with Crippen LogP contribution in [0.4, 0.5) is 11.8 Å². The van der Waals surface area contributed by atoms with Gasteiger partial charge in [-0.25, -0.2) is 4.98 Å². The van der Waals surface area contributed by atoms with Gasteiger partial charge in [0.2, 0.25) is 5.95 Å². The summed E-state index contributed by atoms with van der Waals surface area (Å²) in [6.45, 7) is 6.00. The molecule has 0 aliphatic rings. The van der Waals surface area contributed by atoms with Crippen molar-refractivity contribution < 1.29 is 0 Å². The van der Waals surface area contributed by atoms with Crippen LogP contribution in [-0.2, 0) is 6.54 Å². The lowest BCUT2D eigenvalue weighted by atomic mass is 10.2. The maximum atomic E-state index is 4.63. The summed E-state index contributed by atoms with van der Waals surface area (Å²) in [5.41, 5.74) is 2.25. The van der Waals surface area contributed by atoms with E-state index in [0.29, 0.717) is 0 Å². The first-order chi connectivity index (χ1) is 10.7. The molecule has 1 heterocycles. The van der Waals surface area contributed by atoms with Gasteiger partial charge in [0.25, 0.3) is 0 Å². The van der Waals surface area contributed by atoms with Crippen LogP contribution in [0.15, 0.2) is 36.4 Å². The highest BCUT2D eigenvalue weighted by Gasteiger charge is 2.08. The number of hydrogen-bond acceptors (Lipinski definition) is 4. The molecule has 4 heteroatoms. The summed E-state index contributed by atoms with van der Waals surface area (Å²) in [7, 11) is 2.03. The van der Waals surface area contributed by atoms with Crippen molar-refractivity contribution in [3.05, 3.63) is 47.7 Å². The molecular formula is C18H26N4. The van der Waals surface area contributed by atoms with Gasteiger partial charge in [-0.3, -0.25) is 0 Å². The van der Waals surface area contributed by atoms with Crippen LogP contribution in [-0.4, -0.2) is 23.6 Å². The minimum absolute atomic E-state index is 0.766. The minimum atomic E-state index is 0.766. The number of aryl methyl sites for hydroxylation is 1. The Balaban J connectivity index is 2.01. The fraction of sp³-hybridized carbons (Fsp3) is 0.444. The predicted octanol–water partition coefficient (Wildman–Crippen LogP) is 4.02. The Hall–Kier alpha value is -2.10. The lowest BCUT2D eigenvalue weighted by Crippen LogP contribution is -2.20. The molecule has 0 spiro atoms. The van der Waals surface area contributed by atoms with Crippen molar-refractivity contribution in [3.8, 4) is 0 Å². The Bertz CT molecular complexity index is 569. The van der Waals surface area contributed by atoms with Crippen LogP contribution < -0.4 is 10.2 Å². The fourth-order valence-corrected chi connectivity index (χ4v) is 2.33. The van der Waals surface area contributed by atoms with Gasteiger partial charge in [0, 0.05) is 31.9 Å². The molecule has 0 atom stereocenters. The molecule has 22 heavy (non-hydrogen) atoms. The number of aromatic nitrogens is 2. The zero-order valence-electron chi connectivity index (χ0n) is 13.8. The zero-order valence-corrected chi connectivity index (χ0v) is 13.8. The maximum absolute atomic E-state index is 4.63. The summed E-state index contributed by atoms with van der Waals surface area (Å²) >= 11 is 0. The van der Waals surface area contributed by atoms with Crippen molar-refractivity contribution in [1.29, 1.82) is 0 Å². The third-order valence-electron chi connectivity index (χ3n) is 3.53. The molecule has 0 amide bonds. The van der Waals surface area contributed by atoms with Crippen LogP contribution >= 0.6 is 0 Å². The molecular weight excluding hydrogens is 272 g/mol.